The number of fused-ring (bicyclic) bond motifs is 3. The highest BCUT2D eigenvalue weighted by molar-refractivity contribution is 9.10. The number of carbonyl (C=O) groups is 1. The summed E-state index contributed by atoms with van der Waals surface area (Å²) in [5, 5.41) is 20.6. The zero-order valence-electron chi connectivity index (χ0n) is 17.4. The van der Waals surface area contributed by atoms with Gasteiger partial charge < -0.3 is 4.90 Å². The summed E-state index contributed by atoms with van der Waals surface area (Å²) in [6, 6.07) is 15.0. The van der Waals surface area contributed by atoms with Crippen molar-refractivity contribution in [2.75, 3.05) is 4.90 Å². The Hall–Kier alpha value is -2.96. The fraction of sp³-hybridized carbons (Fsp3) is 0.320. The van der Waals surface area contributed by atoms with Gasteiger partial charge in [0.1, 0.15) is 5.82 Å². The maximum Gasteiger partial charge on any atom is 0.176 e. The van der Waals surface area contributed by atoms with Crippen molar-refractivity contribution in [1.29, 1.82) is 10.5 Å². The molecule has 0 radical (unpaired) electrons. The maximum absolute atomic E-state index is 15.2. The monoisotopic (exact) mass is 477 g/mol. The predicted molar refractivity (Wildman–Crippen MR) is 120 cm³/mol. The number of hydrogen-bond donors (Lipinski definition) is 0. The second kappa shape index (κ2) is 7.32. The van der Waals surface area contributed by atoms with E-state index in [4.69, 9.17) is 0 Å². The smallest absolute Gasteiger partial charge is 0.176 e. The van der Waals surface area contributed by atoms with Gasteiger partial charge in [0.15, 0.2) is 11.2 Å². The summed E-state index contributed by atoms with van der Waals surface area (Å²) < 4.78 is 15.8. The standard InChI is InChI=1S/C25H21BrFN3O/c1-24(2,3)23(31)22-21(17-10-9-16(26)12-18(17)27)25(13-28,14-29)20-11-8-15-6-4-5-7-19(15)30(20)22/h4-12,20-22H,1-3H3. The highest BCUT2D eigenvalue weighted by Crippen LogP contribution is 2.56. The summed E-state index contributed by atoms with van der Waals surface area (Å²) in [6.07, 6.45) is 3.67. The van der Waals surface area contributed by atoms with E-state index >= 15 is 4.39 Å². The highest BCUT2D eigenvalue weighted by Gasteiger charge is 2.64. The zero-order valence-corrected chi connectivity index (χ0v) is 19.0. The first kappa shape index (κ1) is 21.3. The third-order valence-corrected chi connectivity index (χ3v) is 6.71. The number of hydrogen-bond acceptors (Lipinski definition) is 4. The van der Waals surface area contributed by atoms with Crippen molar-refractivity contribution in [3.8, 4) is 12.1 Å². The lowest BCUT2D eigenvalue weighted by Crippen LogP contribution is -2.47. The summed E-state index contributed by atoms with van der Waals surface area (Å²) >= 11 is 3.27. The normalized spacial score (nSPS) is 23.5. The molecular weight excluding hydrogens is 457 g/mol. The lowest BCUT2D eigenvalue weighted by molar-refractivity contribution is -0.127. The van der Waals surface area contributed by atoms with Crippen LogP contribution in [0.15, 0.2) is 53.0 Å². The number of benzene rings is 2. The quantitative estimate of drug-likeness (QED) is 0.563. The Labute approximate surface area is 189 Å². The molecule has 4 nitrogen and oxygen atoms in total. The molecule has 2 aliphatic rings. The Balaban J connectivity index is 2.06. The molecule has 2 aromatic rings. The molecule has 31 heavy (non-hydrogen) atoms. The minimum atomic E-state index is -1.63. The Morgan fingerprint density at radius 2 is 1.84 bits per heavy atom. The van der Waals surface area contributed by atoms with Crippen LogP contribution in [0.1, 0.15) is 37.8 Å². The van der Waals surface area contributed by atoms with Crippen LogP contribution in [0, 0.1) is 39.3 Å². The van der Waals surface area contributed by atoms with Gasteiger partial charge in [0, 0.05) is 21.5 Å². The Kier molecular flexibility index (Phi) is 5.03. The molecule has 156 valence electrons. The number of nitriles is 2. The van der Waals surface area contributed by atoms with E-state index in [2.05, 4.69) is 28.1 Å². The first-order chi connectivity index (χ1) is 14.7. The number of para-hydroxylation sites is 1. The van der Waals surface area contributed by atoms with E-state index in [0.717, 1.165) is 11.3 Å². The fourth-order valence-electron chi connectivity index (χ4n) is 4.78. The molecular formula is C25H21BrFN3O. The van der Waals surface area contributed by atoms with Gasteiger partial charge in [-0.1, -0.05) is 73.1 Å². The Morgan fingerprint density at radius 3 is 2.45 bits per heavy atom. The van der Waals surface area contributed by atoms with E-state index in [-0.39, 0.29) is 11.3 Å². The molecule has 0 aromatic heterocycles. The first-order valence-corrected chi connectivity index (χ1v) is 10.8. The van der Waals surface area contributed by atoms with E-state index in [1.54, 1.807) is 18.2 Å². The summed E-state index contributed by atoms with van der Waals surface area (Å²) in [4.78, 5) is 15.7. The second-order valence-electron chi connectivity index (χ2n) is 9.07. The Morgan fingerprint density at radius 1 is 1.16 bits per heavy atom. The van der Waals surface area contributed by atoms with E-state index in [0.29, 0.717) is 4.47 Å². The van der Waals surface area contributed by atoms with E-state index < -0.39 is 34.6 Å². The average Bonchev–Trinajstić information content (AvgIpc) is 3.03. The number of rotatable bonds is 2. The van der Waals surface area contributed by atoms with Crippen molar-refractivity contribution in [2.45, 2.75) is 38.8 Å². The van der Waals surface area contributed by atoms with Gasteiger partial charge in [-0.3, -0.25) is 4.79 Å². The van der Waals surface area contributed by atoms with Crippen molar-refractivity contribution in [2.24, 2.45) is 10.8 Å². The van der Waals surface area contributed by atoms with Crippen molar-refractivity contribution < 1.29 is 9.18 Å². The average molecular weight is 478 g/mol. The van der Waals surface area contributed by atoms with Crippen molar-refractivity contribution >= 4 is 33.5 Å². The number of anilines is 1. The number of ketones is 1. The molecule has 2 aliphatic heterocycles. The highest BCUT2D eigenvalue weighted by atomic mass is 79.9. The number of nitrogens with zero attached hydrogens (tertiary/aromatic N) is 3. The second-order valence-corrected chi connectivity index (χ2v) is 9.98. The predicted octanol–water partition coefficient (Wildman–Crippen LogP) is 5.60. The summed E-state index contributed by atoms with van der Waals surface area (Å²) in [5.74, 6) is -1.64. The molecule has 1 fully saturated rings. The zero-order chi connectivity index (χ0) is 22.6. The molecule has 0 aliphatic carbocycles. The molecule has 3 atom stereocenters. The molecule has 0 N–H and O–H groups in total. The van der Waals surface area contributed by atoms with Gasteiger partial charge in [-0.05, 0) is 29.3 Å². The fourth-order valence-corrected chi connectivity index (χ4v) is 5.11. The third kappa shape index (κ3) is 3.09. The van der Waals surface area contributed by atoms with Gasteiger partial charge in [-0.2, -0.15) is 10.5 Å². The largest absolute Gasteiger partial charge is 0.351 e. The van der Waals surface area contributed by atoms with E-state index in [1.807, 2.05) is 56.0 Å². The van der Waals surface area contributed by atoms with Crippen LogP contribution in [0.5, 0.6) is 0 Å². The molecule has 0 amide bonds. The van der Waals surface area contributed by atoms with Crippen LogP contribution in [0.2, 0.25) is 0 Å². The van der Waals surface area contributed by atoms with Crippen LogP contribution in [0.25, 0.3) is 6.08 Å². The van der Waals surface area contributed by atoms with Crippen molar-refractivity contribution in [1.82, 2.24) is 0 Å². The molecule has 6 heteroatoms. The molecule has 3 unspecified atom stereocenters. The van der Waals surface area contributed by atoms with Gasteiger partial charge >= 0.3 is 0 Å². The van der Waals surface area contributed by atoms with Crippen molar-refractivity contribution in [3.05, 3.63) is 70.0 Å². The van der Waals surface area contributed by atoms with Crippen LogP contribution in [-0.2, 0) is 4.79 Å². The van der Waals surface area contributed by atoms with Crippen LogP contribution in [0.4, 0.5) is 10.1 Å². The van der Waals surface area contributed by atoms with Gasteiger partial charge in [0.05, 0.1) is 24.2 Å². The number of halogens is 2. The van der Waals surface area contributed by atoms with Crippen LogP contribution in [0.3, 0.4) is 0 Å². The lowest BCUT2D eigenvalue weighted by Gasteiger charge is -2.37. The molecule has 4 rings (SSSR count). The van der Waals surface area contributed by atoms with Crippen molar-refractivity contribution in [3.63, 3.8) is 0 Å². The van der Waals surface area contributed by atoms with E-state index in [9.17, 15) is 15.3 Å². The SMILES string of the molecule is CC(C)(C)C(=O)C1C(c2ccc(Br)cc2F)C(C#N)(C#N)C2C=Cc3ccccc3N12. The molecule has 2 aromatic carbocycles. The van der Waals surface area contributed by atoms with Crippen LogP contribution < -0.4 is 4.90 Å². The van der Waals surface area contributed by atoms with Gasteiger partial charge in [0.25, 0.3) is 0 Å². The lowest BCUT2D eigenvalue weighted by atomic mass is 9.67. The van der Waals surface area contributed by atoms with Gasteiger partial charge in [-0.15, -0.1) is 0 Å². The number of carbonyl (C=O) groups excluding carboxylic acids is 1. The summed E-state index contributed by atoms with van der Waals surface area (Å²) in [5.41, 5.74) is -0.519. The minimum absolute atomic E-state index is 0.137. The Bertz CT molecular complexity index is 1170. The molecule has 0 bridgehead atoms. The van der Waals surface area contributed by atoms with Crippen LogP contribution in [-0.4, -0.2) is 17.9 Å². The van der Waals surface area contributed by atoms with Crippen LogP contribution >= 0.6 is 15.9 Å². The first-order valence-electron chi connectivity index (χ1n) is 10.0. The molecule has 0 spiro atoms. The third-order valence-electron chi connectivity index (χ3n) is 6.22. The molecule has 0 saturated carbocycles. The topological polar surface area (TPSA) is 67.9 Å². The summed E-state index contributed by atoms with van der Waals surface area (Å²) in [6.45, 7) is 5.43. The maximum atomic E-state index is 15.2. The minimum Gasteiger partial charge on any atom is -0.351 e. The summed E-state index contributed by atoms with van der Waals surface area (Å²) in [7, 11) is 0. The van der Waals surface area contributed by atoms with Gasteiger partial charge in [-0.25, -0.2) is 4.39 Å². The van der Waals surface area contributed by atoms with Gasteiger partial charge in [0.2, 0.25) is 0 Å². The molecule has 2 heterocycles. The number of Topliss-reactive ketones (excluding diaryl/α,β-unsaturated/α-hetero) is 1. The molecule has 1 saturated heterocycles. The van der Waals surface area contributed by atoms with E-state index in [1.165, 1.54) is 6.07 Å².